The Labute approximate surface area is 163 Å². The van der Waals surface area contributed by atoms with Crippen LogP contribution in [-0.2, 0) is 17.8 Å². The van der Waals surface area contributed by atoms with Crippen LogP contribution in [0.1, 0.15) is 37.9 Å². The van der Waals surface area contributed by atoms with Gasteiger partial charge >= 0.3 is 0 Å². The Morgan fingerprint density at radius 3 is 2.89 bits per heavy atom. The van der Waals surface area contributed by atoms with Crippen LogP contribution in [0.25, 0.3) is 0 Å². The standard InChI is InChI=1S/C20H24N4O4/c25-20(13-1-8-19-21-11-22-24(19)10-13)23-14-2-4-15(5-3-14)28-16-6-7-17-18(9-16)27-12-26-17/h6-7,9,11,13-15H,1-5,8,10,12H2,(H,23,25). The van der Waals surface area contributed by atoms with Gasteiger partial charge in [0, 0.05) is 18.5 Å². The molecule has 0 saturated heterocycles. The molecule has 3 heterocycles. The molecule has 1 aromatic heterocycles. The van der Waals surface area contributed by atoms with E-state index in [1.54, 1.807) is 6.33 Å². The molecule has 8 heteroatoms. The summed E-state index contributed by atoms with van der Waals surface area (Å²) in [7, 11) is 0. The number of fused-ring (bicyclic) bond motifs is 2. The van der Waals surface area contributed by atoms with Crippen LogP contribution in [-0.4, -0.2) is 39.6 Å². The summed E-state index contributed by atoms with van der Waals surface area (Å²) < 4.78 is 18.7. The van der Waals surface area contributed by atoms with Gasteiger partial charge in [0.2, 0.25) is 12.7 Å². The zero-order valence-corrected chi connectivity index (χ0v) is 15.7. The summed E-state index contributed by atoms with van der Waals surface area (Å²) in [6.45, 7) is 0.895. The first-order chi connectivity index (χ1) is 13.7. The van der Waals surface area contributed by atoms with Gasteiger partial charge in [-0.25, -0.2) is 9.67 Å². The molecular weight excluding hydrogens is 360 g/mol. The van der Waals surface area contributed by atoms with Crippen LogP contribution in [0, 0.1) is 5.92 Å². The van der Waals surface area contributed by atoms with Gasteiger partial charge in [-0.05, 0) is 44.2 Å². The lowest BCUT2D eigenvalue weighted by Gasteiger charge is -2.31. The maximum absolute atomic E-state index is 12.6. The minimum atomic E-state index is -0.0168. The predicted molar refractivity (Wildman–Crippen MR) is 99.2 cm³/mol. The van der Waals surface area contributed by atoms with Crippen LogP contribution in [0.2, 0.25) is 0 Å². The summed E-state index contributed by atoms with van der Waals surface area (Å²) in [4.78, 5) is 16.9. The first-order valence-corrected chi connectivity index (χ1v) is 9.98. The third-order valence-electron chi connectivity index (χ3n) is 5.84. The first-order valence-electron chi connectivity index (χ1n) is 9.98. The van der Waals surface area contributed by atoms with Crippen LogP contribution < -0.4 is 19.5 Å². The molecule has 1 aliphatic carbocycles. The second-order valence-electron chi connectivity index (χ2n) is 7.71. The van der Waals surface area contributed by atoms with Crippen LogP contribution in [0.5, 0.6) is 17.2 Å². The molecule has 1 amide bonds. The number of nitrogens with zero attached hydrogens (tertiary/aromatic N) is 3. The van der Waals surface area contributed by atoms with Crippen molar-refractivity contribution in [2.75, 3.05) is 6.79 Å². The Morgan fingerprint density at radius 1 is 1.14 bits per heavy atom. The number of ether oxygens (including phenoxy) is 3. The molecule has 2 aromatic rings. The number of benzene rings is 1. The fourth-order valence-corrected chi connectivity index (χ4v) is 4.24. The van der Waals surface area contributed by atoms with Gasteiger partial charge < -0.3 is 19.5 Å². The van der Waals surface area contributed by atoms with E-state index in [-0.39, 0.29) is 30.8 Å². The van der Waals surface area contributed by atoms with Gasteiger partial charge in [-0.3, -0.25) is 4.79 Å². The molecule has 28 heavy (non-hydrogen) atoms. The Kier molecular flexibility index (Phi) is 4.54. The number of aromatic nitrogens is 3. The second-order valence-corrected chi connectivity index (χ2v) is 7.71. The Bertz CT molecular complexity index is 860. The molecule has 0 spiro atoms. The topological polar surface area (TPSA) is 87.5 Å². The highest BCUT2D eigenvalue weighted by molar-refractivity contribution is 5.79. The van der Waals surface area contributed by atoms with Crippen LogP contribution in [0.15, 0.2) is 24.5 Å². The van der Waals surface area contributed by atoms with Gasteiger partial charge in [0.05, 0.1) is 18.6 Å². The lowest BCUT2D eigenvalue weighted by atomic mass is 9.91. The lowest BCUT2D eigenvalue weighted by Crippen LogP contribution is -2.44. The van der Waals surface area contributed by atoms with E-state index in [1.165, 1.54) is 0 Å². The van der Waals surface area contributed by atoms with E-state index in [2.05, 4.69) is 15.4 Å². The van der Waals surface area contributed by atoms with Crippen molar-refractivity contribution >= 4 is 5.91 Å². The van der Waals surface area contributed by atoms with Crippen LogP contribution in [0.4, 0.5) is 0 Å². The molecule has 8 nitrogen and oxygen atoms in total. The summed E-state index contributed by atoms with van der Waals surface area (Å²) in [5, 5.41) is 7.44. The van der Waals surface area contributed by atoms with E-state index in [1.807, 2.05) is 22.9 Å². The minimum Gasteiger partial charge on any atom is -0.490 e. The van der Waals surface area contributed by atoms with E-state index >= 15 is 0 Å². The number of hydrogen-bond acceptors (Lipinski definition) is 6. The normalized spacial score (nSPS) is 25.8. The molecule has 5 rings (SSSR count). The maximum Gasteiger partial charge on any atom is 0.231 e. The van der Waals surface area contributed by atoms with Crippen molar-refractivity contribution in [2.45, 2.75) is 57.2 Å². The highest BCUT2D eigenvalue weighted by atomic mass is 16.7. The SMILES string of the molecule is O=C(NC1CCC(Oc2ccc3c(c2)OCO3)CC1)C1CCc2ncnn2C1. The zero-order chi connectivity index (χ0) is 18.9. The predicted octanol–water partition coefficient (Wildman–Crippen LogP) is 2.08. The molecule has 1 fully saturated rings. The Balaban J connectivity index is 1.10. The van der Waals surface area contributed by atoms with Crippen molar-refractivity contribution < 1.29 is 19.0 Å². The molecule has 2 aliphatic heterocycles. The lowest BCUT2D eigenvalue weighted by molar-refractivity contribution is -0.127. The molecule has 1 aromatic carbocycles. The molecule has 1 atom stereocenters. The third-order valence-corrected chi connectivity index (χ3v) is 5.84. The zero-order valence-electron chi connectivity index (χ0n) is 15.7. The molecule has 0 radical (unpaired) electrons. The fourth-order valence-electron chi connectivity index (χ4n) is 4.24. The number of hydrogen-bond donors (Lipinski definition) is 1. The summed E-state index contributed by atoms with van der Waals surface area (Å²) in [5.74, 6) is 3.41. The molecule has 1 saturated carbocycles. The molecular formula is C20H24N4O4. The number of carbonyl (C=O) groups is 1. The molecule has 3 aliphatic rings. The number of carbonyl (C=O) groups excluding carboxylic acids is 1. The summed E-state index contributed by atoms with van der Waals surface area (Å²) in [5.41, 5.74) is 0. The van der Waals surface area contributed by atoms with Crippen molar-refractivity contribution in [1.29, 1.82) is 0 Å². The number of aryl methyl sites for hydroxylation is 1. The Morgan fingerprint density at radius 2 is 2.00 bits per heavy atom. The average Bonchev–Trinajstić information content (AvgIpc) is 3.37. The minimum absolute atomic E-state index is 0.0168. The third kappa shape index (κ3) is 3.50. The second kappa shape index (κ2) is 7.33. The quantitative estimate of drug-likeness (QED) is 0.868. The summed E-state index contributed by atoms with van der Waals surface area (Å²) >= 11 is 0. The highest BCUT2D eigenvalue weighted by Crippen LogP contribution is 2.36. The Hall–Kier alpha value is -2.77. The van der Waals surface area contributed by atoms with Crippen LogP contribution in [0.3, 0.4) is 0 Å². The van der Waals surface area contributed by atoms with Gasteiger partial charge in [0.15, 0.2) is 11.5 Å². The highest BCUT2D eigenvalue weighted by Gasteiger charge is 2.29. The smallest absolute Gasteiger partial charge is 0.231 e. The maximum atomic E-state index is 12.6. The van der Waals surface area contributed by atoms with E-state index in [0.29, 0.717) is 6.54 Å². The van der Waals surface area contributed by atoms with E-state index in [9.17, 15) is 4.79 Å². The number of amides is 1. The number of nitrogens with one attached hydrogen (secondary N) is 1. The van der Waals surface area contributed by atoms with Crippen molar-refractivity contribution in [3.8, 4) is 17.2 Å². The number of rotatable bonds is 4. The van der Waals surface area contributed by atoms with Gasteiger partial charge in [0.25, 0.3) is 0 Å². The van der Waals surface area contributed by atoms with Gasteiger partial charge in [-0.2, -0.15) is 5.10 Å². The fraction of sp³-hybridized carbons (Fsp3) is 0.550. The first kappa shape index (κ1) is 17.3. The van der Waals surface area contributed by atoms with Crippen molar-refractivity contribution in [3.05, 3.63) is 30.4 Å². The van der Waals surface area contributed by atoms with E-state index in [0.717, 1.165) is 61.6 Å². The van der Waals surface area contributed by atoms with Crippen molar-refractivity contribution in [1.82, 2.24) is 20.1 Å². The molecule has 1 unspecified atom stereocenters. The van der Waals surface area contributed by atoms with E-state index in [4.69, 9.17) is 14.2 Å². The van der Waals surface area contributed by atoms with Crippen molar-refractivity contribution in [3.63, 3.8) is 0 Å². The van der Waals surface area contributed by atoms with Crippen molar-refractivity contribution in [2.24, 2.45) is 5.92 Å². The molecule has 0 bridgehead atoms. The van der Waals surface area contributed by atoms with Crippen LogP contribution >= 0.6 is 0 Å². The van der Waals surface area contributed by atoms with Gasteiger partial charge in [-0.1, -0.05) is 0 Å². The monoisotopic (exact) mass is 384 g/mol. The van der Waals surface area contributed by atoms with Gasteiger partial charge in [-0.15, -0.1) is 0 Å². The van der Waals surface area contributed by atoms with Gasteiger partial charge in [0.1, 0.15) is 17.9 Å². The largest absolute Gasteiger partial charge is 0.490 e. The molecule has 1 N–H and O–H groups in total. The van der Waals surface area contributed by atoms with E-state index < -0.39 is 0 Å². The summed E-state index contributed by atoms with van der Waals surface area (Å²) in [6, 6.07) is 5.91. The molecule has 148 valence electrons. The summed E-state index contributed by atoms with van der Waals surface area (Å²) in [6.07, 6.45) is 7.11. The average molecular weight is 384 g/mol.